The Hall–Kier alpha value is -2.34. The van der Waals surface area contributed by atoms with Crippen molar-refractivity contribution in [2.75, 3.05) is 26.0 Å². The maximum atomic E-state index is 12.8. The first-order valence-corrected chi connectivity index (χ1v) is 11.8. The van der Waals surface area contributed by atoms with E-state index in [1.54, 1.807) is 12.0 Å². The van der Waals surface area contributed by atoms with Gasteiger partial charge in [-0.25, -0.2) is 8.42 Å². The highest BCUT2D eigenvalue weighted by molar-refractivity contribution is 7.92. The number of ether oxygens (including phenoxy) is 1. The molecule has 1 fully saturated rings. The van der Waals surface area contributed by atoms with Gasteiger partial charge in [0.2, 0.25) is 0 Å². The van der Waals surface area contributed by atoms with Crippen LogP contribution in [-0.4, -0.2) is 50.4 Å². The zero-order valence-electron chi connectivity index (χ0n) is 17.3. The van der Waals surface area contributed by atoms with Gasteiger partial charge in [-0.05, 0) is 54.2 Å². The average Bonchev–Trinajstić information content (AvgIpc) is 2.72. The van der Waals surface area contributed by atoms with Crippen molar-refractivity contribution in [3.8, 4) is 16.9 Å². The Balaban J connectivity index is 1.64. The molecule has 0 aliphatic carbocycles. The molecule has 0 aromatic heterocycles. The van der Waals surface area contributed by atoms with Crippen LogP contribution >= 0.6 is 0 Å². The van der Waals surface area contributed by atoms with Gasteiger partial charge in [0.05, 0.1) is 18.1 Å². The lowest BCUT2D eigenvalue weighted by molar-refractivity contribution is 0.0725. The summed E-state index contributed by atoms with van der Waals surface area (Å²) in [6.45, 7) is 4.81. The summed E-state index contributed by atoms with van der Waals surface area (Å²) in [6, 6.07) is 15.3. The SMILES string of the molecule is COc1cccc(-c2ccc(C(=O)N3CCC(S(=O)(=O)CC(C)C)CC3)cc2)c1. The van der Waals surface area contributed by atoms with Crippen molar-refractivity contribution in [3.63, 3.8) is 0 Å². The van der Waals surface area contributed by atoms with E-state index < -0.39 is 9.84 Å². The predicted molar refractivity (Wildman–Crippen MR) is 116 cm³/mol. The lowest BCUT2D eigenvalue weighted by Crippen LogP contribution is -2.43. The summed E-state index contributed by atoms with van der Waals surface area (Å²) in [5.74, 6) is 1.10. The molecule has 0 unspecified atom stereocenters. The quantitative estimate of drug-likeness (QED) is 0.714. The standard InChI is InChI=1S/C23H29NO4S/c1-17(2)16-29(26,27)22-11-13-24(14-12-22)23(25)19-9-7-18(8-10-19)20-5-4-6-21(15-20)28-3/h4-10,15,17,22H,11-14,16H2,1-3H3. The van der Waals surface area contributed by atoms with Gasteiger partial charge in [-0.3, -0.25) is 4.79 Å². The Bertz CT molecular complexity index is 943. The van der Waals surface area contributed by atoms with Crippen molar-refractivity contribution in [1.82, 2.24) is 4.90 Å². The number of amides is 1. The van der Waals surface area contributed by atoms with Gasteiger partial charge in [-0.2, -0.15) is 0 Å². The van der Waals surface area contributed by atoms with Gasteiger partial charge >= 0.3 is 0 Å². The number of benzene rings is 2. The highest BCUT2D eigenvalue weighted by Gasteiger charge is 2.32. The van der Waals surface area contributed by atoms with Crippen molar-refractivity contribution in [2.24, 2.45) is 5.92 Å². The molecule has 0 N–H and O–H groups in total. The molecular weight excluding hydrogens is 386 g/mol. The van der Waals surface area contributed by atoms with E-state index in [-0.39, 0.29) is 22.8 Å². The number of methoxy groups -OCH3 is 1. The molecule has 0 saturated carbocycles. The van der Waals surface area contributed by atoms with Crippen LogP contribution in [0.25, 0.3) is 11.1 Å². The van der Waals surface area contributed by atoms with E-state index >= 15 is 0 Å². The molecule has 6 heteroatoms. The summed E-state index contributed by atoms with van der Waals surface area (Å²) in [5.41, 5.74) is 2.67. The van der Waals surface area contributed by atoms with Crippen LogP contribution < -0.4 is 4.74 Å². The molecule has 0 spiro atoms. The van der Waals surface area contributed by atoms with Crippen LogP contribution in [0.5, 0.6) is 5.75 Å². The highest BCUT2D eigenvalue weighted by atomic mass is 32.2. The molecule has 3 rings (SSSR count). The van der Waals surface area contributed by atoms with Crippen molar-refractivity contribution in [3.05, 3.63) is 54.1 Å². The van der Waals surface area contributed by atoms with Gasteiger partial charge in [0, 0.05) is 18.7 Å². The second kappa shape index (κ2) is 8.99. The lowest BCUT2D eigenvalue weighted by atomic mass is 10.0. The van der Waals surface area contributed by atoms with Crippen LogP contribution in [0.3, 0.4) is 0 Å². The first-order chi connectivity index (χ1) is 13.8. The lowest BCUT2D eigenvalue weighted by Gasteiger charge is -2.32. The zero-order chi connectivity index (χ0) is 21.0. The molecule has 0 atom stereocenters. The van der Waals surface area contributed by atoms with Gasteiger partial charge in [0.15, 0.2) is 9.84 Å². The van der Waals surface area contributed by atoms with Crippen molar-refractivity contribution in [1.29, 1.82) is 0 Å². The summed E-state index contributed by atoms with van der Waals surface area (Å²) in [5, 5.41) is -0.329. The minimum absolute atomic E-state index is 0.0399. The number of hydrogen-bond acceptors (Lipinski definition) is 4. The fourth-order valence-corrected chi connectivity index (χ4v) is 5.94. The molecule has 1 heterocycles. The maximum absolute atomic E-state index is 12.8. The summed E-state index contributed by atoms with van der Waals surface area (Å²) in [7, 11) is -1.45. The van der Waals surface area contributed by atoms with E-state index in [1.807, 2.05) is 62.4 Å². The second-order valence-electron chi connectivity index (χ2n) is 8.02. The van der Waals surface area contributed by atoms with E-state index in [2.05, 4.69) is 0 Å². The van der Waals surface area contributed by atoms with Crippen molar-refractivity contribution in [2.45, 2.75) is 31.9 Å². The molecule has 156 valence electrons. The first kappa shape index (κ1) is 21.4. The molecule has 1 aliphatic rings. The number of hydrogen-bond donors (Lipinski definition) is 0. The second-order valence-corrected chi connectivity index (χ2v) is 10.3. The zero-order valence-corrected chi connectivity index (χ0v) is 18.1. The van der Waals surface area contributed by atoms with Crippen LogP contribution in [-0.2, 0) is 9.84 Å². The number of rotatable bonds is 6. The van der Waals surface area contributed by atoms with Crippen LogP contribution in [0.1, 0.15) is 37.0 Å². The third kappa shape index (κ3) is 5.18. The number of likely N-dealkylation sites (tertiary alicyclic amines) is 1. The summed E-state index contributed by atoms with van der Waals surface area (Å²) in [4.78, 5) is 14.6. The Morgan fingerprint density at radius 1 is 1.07 bits per heavy atom. The third-order valence-electron chi connectivity index (χ3n) is 5.34. The molecule has 1 saturated heterocycles. The van der Waals surface area contributed by atoms with Gasteiger partial charge in [0.1, 0.15) is 5.75 Å². The van der Waals surface area contributed by atoms with E-state index in [1.165, 1.54) is 0 Å². The Kier molecular flexibility index (Phi) is 6.63. The topological polar surface area (TPSA) is 63.7 Å². The van der Waals surface area contributed by atoms with E-state index in [9.17, 15) is 13.2 Å². The number of carbonyl (C=O) groups excluding carboxylic acids is 1. The fraction of sp³-hybridized carbons (Fsp3) is 0.435. The van der Waals surface area contributed by atoms with Crippen molar-refractivity contribution < 1.29 is 17.9 Å². The number of piperidine rings is 1. The summed E-state index contributed by atoms with van der Waals surface area (Å²) in [6.07, 6.45) is 1.03. The number of carbonyl (C=O) groups is 1. The summed E-state index contributed by atoms with van der Waals surface area (Å²) < 4.78 is 30.2. The van der Waals surface area contributed by atoms with E-state index in [0.29, 0.717) is 31.5 Å². The van der Waals surface area contributed by atoms with Gasteiger partial charge in [0.25, 0.3) is 5.91 Å². The van der Waals surface area contributed by atoms with Crippen LogP contribution in [0, 0.1) is 5.92 Å². The maximum Gasteiger partial charge on any atom is 0.253 e. The molecule has 1 aliphatic heterocycles. The Labute approximate surface area is 173 Å². The van der Waals surface area contributed by atoms with Gasteiger partial charge in [-0.15, -0.1) is 0 Å². The molecule has 2 aromatic rings. The number of nitrogens with zero attached hydrogens (tertiary/aromatic N) is 1. The van der Waals surface area contributed by atoms with Gasteiger partial charge in [-0.1, -0.05) is 38.1 Å². The normalized spacial score (nSPS) is 15.5. The fourth-order valence-electron chi connectivity index (χ4n) is 3.81. The first-order valence-electron chi connectivity index (χ1n) is 10.1. The molecule has 2 aromatic carbocycles. The minimum Gasteiger partial charge on any atom is -0.497 e. The average molecular weight is 416 g/mol. The van der Waals surface area contributed by atoms with E-state index in [4.69, 9.17) is 4.74 Å². The van der Waals surface area contributed by atoms with Crippen LogP contribution in [0.2, 0.25) is 0 Å². The van der Waals surface area contributed by atoms with Gasteiger partial charge < -0.3 is 9.64 Å². The largest absolute Gasteiger partial charge is 0.497 e. The molecule has 1 amide bonds. The molecular formula is C23H29NO4S. The van der Waals surface area contributed by atoms with Crippen LogP contribution in [0.15, 0.2) is 48.5 Å². The summed E-state index contributed by atoms with van der Waals surface area (Å²) >= 11 is 0. The Morgan fingerprint density at radius 2 is 1.72 bits per heavy atom. The molecule has 5 nitrogen and oxygen atoms in total. The molecule has 0 bridgehead atoms. The molecule has 29 heavy (non-hydrogen) atoms. The van der Waals surface area contributed by atoms with Crippen LogP contribution in [0.4, 0.5) is 0 Å². The Morgan fingerprint density at radius 3 is 2.31 bits per heavy atom. The van der Waals surface area contributed by atoms with E-state index in [0.717, 1.165) is 16.9 Å². The minimum atomic E-state index is -3.09. The monoisotopic (exact) mass is 415 g/mol. The van der Waals surface area contributed by atoms with Crippen molar-refractivity contribution >= 4 is 15.7 Å². The predicted octanol–water partition coefficient (Wildman–Crippen LogP) is 4.04. The third-order valence-corrected chi connectivity index (χ3v) is 7.96. The number of sulfone groups is 1. The highest BCUT2D eigenvalue weighted by Crippen LogP contribution is 2.25. The molecule has 0 radical (unpaired) electrons. The smallest absolute Gasteiger partial charge is 0.253 e.